The first-order valence-electron chi connectivity index (χ1n) is 11.5. The minimum absolute atomic E-state index is 0.0199. The van der Waals surface area contributed by atoms with Crippen molar-refractivity contribution in [2.45, 2.75) is 31.0 Å². The van der Waals surface area contributed by atoms with Crippen LogP contribution in [0.2, 0.25) is 5.02 Å². The maximum atomic E-state index is 14.9. The lowest BCUT2D eigenvalue weighted by molar-refractivity contribution is -0.177. The smallest absolute Gasteiger partial charge is 0.417 e. The van der Waals surface area contributed by atoms with Gasteiger partial charge >= 0.3 is 6.18 Å². The summed E-state index contributed by atoms with van der Waals surface area (Å²) in [7, 11) is 1.23. The Kier molecular flexibility index (Phi) is 7.35. The standard InChI is InChI=1S/C27H22ClF5N2O4/c1-25(38)19-14-16(28)8-10-21(19)35(12-11-26(25,29)30)24(37)15-7-9-20(22(13-15)39-2)34-23(36)17-5-3-4-6-18(17)27(31,32)33/h3-10,13-14,38H,11-12H2,1-2H3,(H,34,36)/t25-/m1/s1. The molecule has 1 heterocycles. The number of hydrogen-bond donors (Lipinski definition) is 2. The molecule has 2 N–H and O–H groups in total. The number of aliphatic hydroxyl groups is 1. The second-order valence-electron chi connectivity index (χ2n) is 9.06. The van der Waals surface area contributed by atoms with Gasteiger partial charge in [-0.2, -0.15) is 13.2 Å². The van der Waals surface area contributed by atoms with Crippen LogP contribution in [0.15, 0.2) is 60.7 Å². The Labute approximate surface area is 224 Å². The topological polar surface area (TPSA) is 78.9 Å². The zero-order valence-electron chi connectivity index (χ0n) is 20.6. The fraction of sp³-hybridized carbons (Fsp3) is 0.259. The van der Waals surface area contributed by atoms with Gasteiger partial charge < -0.3 is 20.1 Å². The number of hydrogen-bond acceptors (Lipinski definition) is 4. The zero-order chi connectivity index (χ0) is 28.8. The van der Waals surface area contributed by atoms with Gasteiger partial charge in [-0.1, -0.05) is 23.7 Å². The molecule has 1 aliphatic heterocycles. The van der Waals surface area contributed by atoms with E-state index in [1.165, 1.54) is 49.6 Å². The minimum Gasteiger partial charge on any atom is -0.495 e. The number of halogens is 6. The fourth-order valence-electron chi connectivity index (χ4n) is 4.36. The van der Waals surface area contributed by atoms with Gasteiger partial charge in [-0.3, -0.25) is 9.59 Å². The predicted molar refractivity (Wildman–Crippen MR) is 135 cm³/mol. The maximum absolute atomic E-state index is 14.9. The minimum atomic E-state index is -4.76. The number of carbonyl (C=O) groups excluding carboxylic acids is 2. The van der Waals surface area contributed by atoms with E-state index in [1.807, 2.05) is 0 Å². The molecule has 0 bridgehead atoms. The quantitative estimate of drug-likeness (QED) is 0.352. The summed E-state index contributed by atoms with van der Waals surface area (Å²) in [5.74, 6) is -5.41. The number of rotatable bonds is 4. The molecule has 0 radical (unpaired) electrons. The number of carbonyl (C=O) groups is 2. The first kappa shape index (κ1) is 28.3. The molecule has 3 aromatic carbocycles. The van der Waals surface area contributed by atoms with Crippen LogP contribution in [0.4, 0.5) is 33.3 Å². The third-order valence-corrected chi connectivity index (χ3v) is 6.79. The van der Waals surface area contributed by atoms with Crippen molar-refractivity contribution in [2.24, 2.45) is 0 Å². The largest absolute Gasteiger partial charge is 0.495 e. The van der Waals surface area contributed by atoms with E-state index >= 15 is 0 Å². The Bertz CT molecular complexity index is 1440. The normalized spacial score (nSPS) is 18.6. The van der Waals surface area contributed by atoms with Crippen molar-refractivity contribution in [1.29, 1.82) is 0 Å². The van der Waals surface area contributed by atoms with Crippen molar-refractivity contribution in [3.63, 3.8) is 0 Å². The van der Waals surface area contributed by atoms with E-state index in [-0.39, 0.29) is 33.3 Å². The SMILES string of the molecule is COc1cc(C(=O)N2CCC(F)(F)[C@](C)(O)c3cc(Cl)ccc32)ccc1NC(=O)c1ccccc1C(F)(F)F. The number of amides is 2. The number of methoxy groups -OCH3 is 1. The van der Waals surface area contributed by atoms with Crippen LogP contribution in [0.25, 0.3) is 0 Å². The van der Waals surface area contributed by atoms with Crippen LogP contribution < -0.4 is 15.0 Å². The third kappa shape index (κ3) is 5.28. The van der Waals surface area contributed by atoms with Crippen molar-refractivity contribution in [2.75, 3.05) is 23.9 Å². The molecule has 1 aliphatic rings. The molecular formula is C27H22ClF5N2O4. The maximum Gasteiger partial charge on any atom is 0.417 e. The number of nitrogens with one attached hydrogen (secondary N) is 1. The molecule has 206 valence electrons. The van der Waals surface area contributed by atoms with E-state index in [0.29, 0.717) is 0 Å². The van der Waals surface area contributed by atoms with E-state index in [4.69, 9.17) is 16.3 Å². The summed E-state index contributed by atoms with van der Waals surface area (Å²) in [5, 5.41) is 13.2. The van der Waals surface area contributed by atoms with Crippen LogP contribution in [0.5, 0.6) is 5.75 Å². The highest BCUT2D eigenvalue weighted by molar-refractivity contribution is 6.30. The highest BCUT2D eigenvalue weighted by Crippen LogP contribution is 2.47. The summed E-state index contributed by atoms with van der Waals surface area (Å²) in [6.07, 6.45) is -5.61. The highest BCUT2D eigenvalue weighted by Gasteiger charge is 2.53. The van der Waals surface area contributed by atoms with Crippen LogP contribution in [0.1, 0.15) is 45.2 Å². The number of ether oxygens (including phenoxy) is 1. The van der Waals surface area contributed by atoms with Gasteiger partial charge in [0.05, 0.1) is 29.6 Å². The molecule has 12 heteroatoms. The van der Waals surface area contributed by atoms with Gasteiger partial charge in [0, 0.05) is 29.1 Å². The number of fused-ring (bicyclic) bond motifs is 1. The summed E-state index contributed by atoms with van der Waals surface area (Å²) in [4.78, 5) is 27.3. The van der Waals surface area contributed by atoms with E-state index < -0.39 is 53.6 Å². The van der Waals surface area contributed by atoms with E-state index in [1.54, 1.807) is 0 Å². The molecule has 4 rings (SSSR count). The van der Waals surface area contributed by atoms with Crippen molar-refractivity contribution >= 4 is 34.8 Å². The summed E-state index contributed by atoms with van der Waals surface area (Å²) >= 11 is 6.00. The van der Waals surface area contributed by atoms with E-state index in [9.17, 15) is 36.6 Å². The number of benzene rings is 3. The molecule has 1 atom stereocenters. The number of alkyl halides is 5. The molecule has 0 unspecified atom stereocenters. The molecular weight excluding hydrogens is 547 g/mol. The molecule has 2 amide bonds. The van der Waals surface area contributed by atoms with E-state index in [0.717, 1.165) is 30.0 Å². The third-order valence-electron chi connectivity index (χ3n) is 6.55. The summed E-state index contributed by atoms with van der Waals surface area (Å²) in [6.45, 7) is 0.513. The van der Waals surface area contributed by atoms with Crippen LogP contribution in [-0.4, -0.2) is 36.5 Å². The molecule has 6 nitrogen and oxygen atoms in total. The first-order valence-corrected chi connectivity index (χ1v) is 11.9. The van der Waals surface area contributed by atoms with Gasteiger partial charge in [0.2, 0.25) is 0 Å². The van der Waals surface area contributed by atoms with Crippen molar-refractivity contribution in [1.82, 2.24) is 0 Å². The summed E-state index contributed by atoms with van der Waals surface area (Å²) in [5.41, 5.74) is -4.58. The summed E-state index contributed by atoms with van der Waals surface area (Å²) in [6, 6.07) is 11.9. The van der Waals surface area contributed by atoms with Gasteiger partial charge in [0.1, 0.15) is 5.75 Å². The molecule has 0 saturated carbocycles. The Morgan fingerprint density at radius 3 is 2.44 bits per heavy atom. The molecule has 0 aromatic heterocycles. The zero-order valence-corrected chi connectivity index (χ0v) is 21.3. The lowest BCUT2D eigenvalue weighted by Gasteiger charge is -2.32. The first-order chi connectivity index (χ1) is 18.2. The van der Waals surface area contributed by atoms with Gasteiger partial charge in [0.25, 0.3) is 17.7 Å². The Balaban J connectivity index is 1.68. The van der Waals surface area contributed by atoms with Gasteiger partial charge in [0.15, 0.2) is 5.60 Å². The highest BCUT2D eigenvalue weighted by atomic mass is 35.5. The molecule has 0 saturated heterocycles. The van der Waals surface area contributed by atoms with Crippen LogP contribution >= 0.6 is 11.6 Å². The van der Waals surface area contributed by atoms with Crippen molar-refractivity contribution in [3.8, 4) is 5.75 Å². The van der Waals surface area contributed by atoms with Crippen LogP contribution in [0, 0.1) is 0 Å². The Morgan fingerprint density at radius 1 is 1.08 bits per heavy atom. The van der Waals surface area contributed by atoms with Gasteiger partial charge in [-0.25, -0.2) is 8.78 Å². The number of anilines is 2. The summed E-state index contributed by atoms with van der Waals surface area (Å²) < 4.78 is 75.0. The van der Waals surface area contributed by atoms with Crippen LogP contribution in [0.3, 0.4) is 0 Å². The van der Waals surface area contributed by atoms with Crippen LogP contribution in [-0.2, 0) is 11.8 Å². The second kappa shape index (κ2) is 10.1. The second-order valence-corrected chi connectivity index (χ2v) is 9.49. The number of nitrogens with zero attached hydrogens (tertiary/aromatic N) is 1. The monoisotopic (exact) mass is 568 g/mol. The lowest BCUT2D eigenvalue weighted by Crippen LogP contribution is -2.42. The van der Waals surface area contributed by atoms with Gasteiger partial charge in [-0.15, -0.1) is 0 Å². The molecule has 3 aromatic rings. The Morgan fingerprint density at radius 2 is 1.77 bits per heavy atom. The predicted octanol–water partition coefficient (Wildman–Crippen LogP) is 6.51. The van der Waals surface area contributed by atoms with E-state index in [2.05, 4.69) is 5.32 Å². The average Bonchev–Trinajstić information content (AvgIpc) is 2.95. The average molecular weight is 569 g/mol. The van der Waals surface area contributed by atoms with Crippen molar-refractivity contribution < 1.29 is 41.4 Å². The fourth-order valence-corrected chi connectivity index (χ4v) is 4.53. The molecule has 0 aliphatic carbocycles. The molecule has 39 heavy (non-hydrogen) atoms. The molecule has 0 spiro atoms. The molecule has 0 fully saturated rings. The van der Waals surface area contributed by atoms with Crippen molar-refractivity contribution in [3.05, 3.63) is 87.9 Å². The lowest BCUT2D eigenvalue weighted by atomic mass is 9.87. The Hall–Kier alpha value is -3.70. The van der Waals surface area contributed by atoms with Gasteiger partial charge in [-0.05, 0) is 55.5 Å².